The number of carboxylic acid groups (broad SMARTS) is 1. The topological polar surface area (TPSA) is 142 Å². The molecule has 1 aromatic carbocycles. The minimum Gasteiger partial charge on any atom is -0.477 e. The summed E-state index contributed by atoms with van der Waals surface area (Å²) in [6, 6.07) is 6.35. The van der Waals surface area contributed by atoms with E-state index < -0.39 is 24.0 Å². The molecule has 0 bridgehead atoms. The van der Waals surface area contributed by atoms with Gasteiger partial charge in [0.2, 0.25) is 11.8 Å². The van der Waals surface area contributed by atoms with Crippen LogP contribution in [0.5, 0.6) is 0 Å². The van der Waals surface area contributed by atoms with E-state index in [0.717, 1.165) is 5.56 Å². The number of nitrogens with zero attached hydrogens (tertiary/aromatic N) is 2. The van der Waals surface area contributed by atoms with Crippen molar-refractivity contribution in [2.24, 2.45) is 5.73 Å². The van der Waals surface area contributed by atoms with Gasteiger partial charge in [0.05, 0.1) is 0 Å². The third-order valence-corrected chi connectivity index (χ3v) is 7.03. The van der Waals surface area contributed by atoms with Gasteiger partial charge < -0.3 is 20.5 Å². The zero-order chi connectivity index (χ0) is 24.4. The highest BCUT2D eigenvalue weighted by atomic mass is 32.2. The molecule has 4 N–H and O–H groups in total. The number of nitrogens with one attached hydrogen (secondary N) is 1. The summed E-state index contributed by atoms with van der Waals surface area (Å²) in [5.41, 5.74) is 8.08. The van der Waals surface area contributed by atoms with Crippen molar-refractivity contribution in [1.29, 1.82) is 0 Å². The first-order valence-corrected chi connectivity index (χ1v) is 11.6. The number of hydrogen-bond acceptors (Lipinski definition) is 7. The molecule has 0 saturated carbocycles. The molecule has 178 valence electrons. The Balaban J connectivity index is 1.43. The fourth-order valence-corrected chi connectivity index (χ4v) is 5.27. The van der Waals surface area contributed by atoms with E-state index in [1.807, 2.05) is 0 Å². The minimum atomic E-state index is -1.21. The average Bonchev–Trinajstić information content (AvgIpc) is 3.16. The molecular weight excluding hydrogens is 460 g/mol. The molecular formula is C23H24N4O6S. The Hall–Kier alpha value is -3.57. The first-order valence-electron chi connectivity index (χ1n) is 10.6. The Labute approximate surface area is 200 Å². The number of nitrogens with two attached hydrogens (primary N) is 1. The number of aliphatic carboxylic acids is 1. The van der Waals surface area contributed by atoms with Gasteiger partial charge in [0.15, 0.2) is 0 Å². The summed E-state index contributed by atoms with van der Waals surface area (Å²) in [6.07, 6.45) is 2.97. The van der Waals surface area contributed by atoms with Crippen LogP contribution in [0.15, 0.2) is 59.8 Å². The summed E-state index contributed by atoms with van der Waals surface area (Å²) in [5, 5.41) is 11.9. The monoisotopic (exact) mass is 484 g/mol. The van der Waals surface area contributed by atoms with Gasteiger partial charge in [-0.2, -0.15) is 0 Å². The normalized spacial score (nSPS) is 23.0. The van der Waals surface area contributed by atoms with E-state index in [4.69, 9.17) is 10.5 Å². The standard InChI is InChI=1S/C23H24N4O6S/c1-2-9-33-23(32)25-16-5-3-13(4-6-16)11-26-8-7-14(19(26)28)10-15-12-34-21-17(24)20(29)27(21)18(15)22(30)31/h2-6,10,17,21H,1,7-9,11-12,24H2,(H,25,32)(H,30,31)/b14-10+/t17-,21-/m1/s1. The van der Waals surface area contributed by atoms with Crippen LogP contribution in [-0.4, -0.2) is 69.1 Å². The van der Waals surface area contributed by atoms with E-state index in [0.29, 0.717) is 42.1 Å². The van der Waals surface area contributed by atoms with Crippen molar-refractivity contribution in [2.45, 2.75) is 24.4 Å². The van der Waals surface area contributed by atoms with E-state index in [9.17, 15) is 24.3 Å². The number of hydrogen-bond donors (Lipinski definition) is 3. The van der Waals surface area contributed by atoms with Gasteiger partial charge in [-0.1, -0.05) is 24.8 Å². The first-order chi connectivity index (χ1) is 16.3. The predicted octanol–water partition coefficient (Wildman–Crippen LogP) is 1.66. The molecule has 0 aliphatic carbocycles. The summed E-state index contributed by atoms with van der Waals surface area (Å²) in [4.78, 5) is 51.4. The van der Waals surface area contributed by atoms with Crippen LogP contribution in [0.1, 0.15) is 12.0 Å². The molecule has 2 fully saturated rings. The Morgan fingerprint density at radius 2 is 2.03 bits per heavy atom. The summed E-state index contributed by atoms with van der Waals surface area (Å²) in [6.45, 7) is 4.46. The molecule has 3 aliphatic rings. The van der Waals surface area contributed by atoms with Gasteiger partial charge in [-0.15, -0.1) is 11.8 Å². The van der Waals surface area contributed by atoms with E-state index in [1.54, 1.807) is 35.2 Å². The van der Waals surface area contributed by atoms with Crippen LogP contribution in [0.25, 0.3) is 0 Å². The molecule has 11 heteroatoms. The maximum absolute atomic E-state index is 12.9. The second kappa shape index (κ2) is 9.74. The maximum atomic E-state index is 12.9. The highest BCUT2D eigenvalue weighted by molar-refractivity contribution is 8.00. The number of thioether (sulfide) groups is 1. The largest absolute Gasteiger partial charge is 0.477 e. The summed E-state index contributed by atoms with van der Waals surface area (Å²) < 4.78 is 4.87. The molecule has 10 nitrogen and oxygen atoms in total. The third-order valence-electron chi connectivity index (χ3n) is 5.71. The van der Waals surface area contributed by atoms with Crippen LogP contribution in [0.2, 0.25) is 0 Å². The lowest BCUT2D eigenvalue weighted by Crippen LogP contribution is -2.68. The van der Waals surface area contributed by atoms with Gasteiger partial charge >= 0.3 is 12.1 Å². The van der Waals surface area contributed by atoms with E-state index in [1.165, 1.54) is 22.7 Å². The molecule has 2 atom stereocenters. The number of allylic oxidation sites excluding steroid dienone is 1. The fourth-order valence-electron chi connectivity index (χ4n) is 4.02. The highest BCUT2D eigenvalue weighted by Crippen LogP contribution is 2.40. The van der Waals surface area contributed by atoms with Crippen LogP contribution in [0.3, 0.4) is 0 Å². The minimum absolute atomic E-state index is 0.0936. The van der Waals surface area contributed by atoms with E-state index >= 15 is 0 Å². The van der Waals surface area contributed by atoms with Crippen LogP contribution in [-0.2, 0) is 25.7 Å². The molecule has 0 aromatic heterocycles. The predicted molar refractivity (Wildman–Crippen MR) is 125 cm³/mol. The second-order valence-corrected chi connectivity index (χ2v) is 9.07. The molecule has 3 heterocycles. The Bertz CT molecular complexity index is 1110. The SMILES string of the molecule is C=CCOC(=O)Nc1ccc(CN2CC/C(=C\C3=C(C(=O)O)N4C(=O)[C@@H](N)[C@H]4SC3)C2=O)cc1. The average molecular weight is 485 g/mol. The van der Waals surface area contributed by atoms with Gasteiger partial charge in [0.1, 0.15) is 23.7 Å². The summed E-state index contributed by atoms with van der Waals surface area (Å²) >= 11 is 1.40. The second-order valence-electron chi connectivity index (χ2n) is 7.97. The number of fused-ring (bicyclic) bond motifs is 1. The molecule has 0 spiro atoms. The lowest BCUT2D eigenvalue weighted by Gasteiger charge is -2.47. The highest BCUT2D eigenvalue weighted by Gasteiger charge is 2.51. The lowest BCUT2D eigenvalue weighted by atomic mass is 10.0. The number of benzene rings is 1. The Morgan fingerprint density at radius 3 is 2.71 bits per heavy atom. The van der Waals surface area contributed by atoms with Gasteiger partial charge in [-0.3, -0.25) is 19.8 Å². The van der Waals surface area contributed by atoms with E-state index in [-0.39, 0.29) is 23.6 Å². The molecule has 34 heavy (non-hydrogen) atoms. The van der Waals surface area contributed by atoms with Crippen molar-refractivity contribution in [3.63, 3.8) is 0 Å². The fraction of sp³-hybridized carbons (Fsp3) is 0.304. The summed E-state index contributed by atoms with van der Waals surface area (Å²) in [5.74, 6) is -1.44. The molecule has 2 saturated heterocycles. The maximum Gasteiger partial charge on any atom is 0.411 e. The van der Waals surface area contributed by atoms with Crippen LogP contribution in [0, 0.1) is 0 Å². The van der Waals surface area contributed by atoms with Crippen LogP contribution >= 0.6 is 11.8 Å². The van der Waals surface area contributed by atoms with Crippen molar-refractivity contribution >= 4 is 41.3 Å². The smallest absolute Gasteiger partial charge is 0.411 e. The van der Waals surface area contributed by atoms with Gasteiger partial charge in [0.25, 0.3) is 0 Å². The lowest BCUT2D eigenvalue weighted by molar-refractivity contribution is -0.147. The molecule has 4 rings (SSSR count). The molecule has 0 unspecified atom stereocenters. The number of anilines is 1. The number of likely N-dealkylation sites (tertiary alicyclic amines) is 1. The number of carbonyl (C=O) groups excluding carboxylic acids is 3. The number of carboxylic acids is 1. The Kier molecular flexibility index (Phi) is 6.75. The van der Waals surface area contributed by atoms with Crippen molar-refractivity contribution in [2.75, 3.05) is 24.2 Å². The van der Waals surface area contributed by atoms with Crippen molar-refractivity contribution in [1.82, 2.24) is 9.80 Å². The molecule has 3 aliphatic heterocycles. The van der Waals surface area contributed by atoms with Crippen molar-refractivity contribution in [3.8, 4) is 0 Å². The number of ether oxygens (including phenoxy) is 1. The number of rotatable bonds is 7. The summed E-state index contributed by atoms with van der Waals surface area (Å²) in [7, 11) is 0. The number of amides is 3. The number of β-lactam (4-membered cyclic amide) rings is 1. The zero-order valence-corrected chi connectivity index (χ0v) is 19.0. The quantitative estimate of drug-likeness (QED) is 0.301. The first kappa shape index (κ1) is 23.6. The molecule has 1 aromatic rings. The molecule has 3 amide bonds. The molecule has 0 radical (unpaired) electrons. The third kappa shape index (κ3) is 4.57. The van der Waals surface area contributed by atoms with E-state index in [2.05, 4.69) is 11.9 Å². The van der Waals surface area contributed by atoms with Crippen LogP contribution < -0.4 is 11.1 Å². The Morgan fingerprint density at radius 1 is 1.29 bits per heavy atom. The van der Waals surface area contributed by atoms with Crippen molar-refractivity contribution in [3.05, 3.63) is 65.4 Å². The van der Waals surface area contributed by atoms with Gasteiger partial charge in [-0.25, -0.2) is 9.59 Å². The zero-order valence-electron chi connectivity index (χ0n) is 18.2. The van der Waals surface area contributed by atoms with Gasteiger partial charge in [-0.05, 0) is 35.8 Å². The van der Waals surface area contributed by atoms with Crippen LogP contribution in [0.4, 0.5) is 10.5 Å². The number of carbonyl (C=O) groups is 4. The van der Waals surface area contributed by atoms with Crippen molar-refractivity contribution < 1.29 is 29.0 Å². The van der Waals surface area contributed by atoms with Gasteiger partial charge in [0, 0.05) is 30.1 Å².